The largest absolute Gasteiger partial charge is 0.323 e. The topological polar surface area (TPSA) is 3.24 Å². The van der Waals surface area contributed by atoms with Gasteiger partial charge in [0, 0.05) is 0 Å². The molecule has 0 aromatic rings. The molecule has 0 saturated heterocycles. The molecule has 0 amide bonds. The minimum atomic E-state index is -1.06. The molecule has 0 heterocycles. The highest BCUT2D eigenvalue weighted by Crippen LogP contribution is 1.93. The molecule has 8 heavy (non-hydrogen) atoms. The van der Waals surface area contributed by atoms with Crippen LogP contribution in [-0.2, 0) is 0 Å². The molecule has 0 bridgehead atoms. The van der Waals surface area contributed by atoms with E-state index >= 15 is 0 Å². The van der Waals surface area contributed by atoms with Crippen molar-refractivity contribution in [2.75, 3.05) is 13.5 Å². The zero-order valence-corrected chi connectivity index (χ0v) is 7.86. The minimum Gasteiger partial charge on any atom is -0.323 e. The summed E-state index contributed by atoms with van der Waals surface area (Å²) < 4.78 is 2.12. The van der Waals surface area contributed by atoms with E-state index < -0.39 is 8.27 Å². The van der Waals surface area contributed by atoms with Gasteiger partial charge in [-0.1, -0.05) is 0 Å². The quantitative estimate of drug-likeness (QED) is 0.441. The maximum Gasteiger partial charge on any atom is 0.246 e. The van der Waals surface area contributed by atoms with Crippen molar-refractivity contribution < 1.29 is 0 Å². The zero-order valence-electron chi connectivity index (χ0n) is 5.19. The van der Waals surface area contributed by atoms with E-state index in [4.69, 9.17) is 22.5 Å². The van der Waals surface area contributed by atoms with Gasteiger partial charge < -0.3 is 4.57 Å². The molecule has 0 aromatic heterocycles. The number of halogens is 2. The molecule has 1 unspecified atom stereocenters. The summed E-state index contributed by atoms with van der Waals surface area (Å²) in [5, 5.41) is 0. The summed E-state index contributed by atoms with van der Waals surface area (Å²) in [7, 11) is 0.945. The van der Waals surface area contributed by atoms with Crippen molar-refractivity contribution in [2.45, 2.75) is 6.55 Å². The molecule has 0 spiro atoms. The zero-order chi connectivity index (χ0) is 6.57. The van der Waals surface area contributed by atoms with Crippen LogP contribution in [0.1, 0.15) is 0 Å². The molecule has 0 radical (unpaired) electrons. The standard InChI is InChI=1S/C3H10BCl2NSi/c1-7(3-4-5)8(2)6/h4,8H,3H2,1-2H3. The lowest BCUT2D eigenvalue weighted by atomic mass is 10.1. The first-order chi connectivity index (χ1) is 3.68. The Morgan fingerprint density at radius 3 is 2.38 bits per heavy atom. The molecule has 0 aliphatic carbocycles. The summed E-state index contributed by atoms with van der Waals surface area (Å²) in [6.45, 7) is 2.74. The van der Waals surface area contributed by atoms with Gasteiger partial charge in [0.1, 0.15) is 0 Å². The molecule has 1 nitrogen and oxygen atoms in total. The van der Waals surface area contributed by atoms with E-state index in [1.165, 1.54) is 0 Å². The highest BCUT2D eigenvalue weighted by molar-refractivity contribution is 7.05. The van der Waals surface area contributed by atoms with Crippen molar-refractivity contribution in [2.24, 2.45) is 0 Å². The van der Waals surface area contributed by atoms with Gasteiger partial charge in [-0.15, -0.1) is 0 Å². The lowest BCUT2D eigenvalue weighted by Crippen LogP contribution is -2.31. The number of rotatable bonds is 3. The third kappa shape index (κ3) is 3.78. The highest BCUT2D eigenvalue weighted by atomic mass is 35.6. The van der Waals surface area contributed by atoms with Crippen molar-refractivity contribution in [3.05, 3.63) is 0 Å². The first-order valence-corrected chi connectivity index (χ1v) is 6.54. The predicted molar refractivity (Wildman–Crippen MR) is 44.5 cm³/mol. The van der Waals surface area contributed by atoms with Crippen LogP contribution < -0.4 is 0 Å². The van der Waals surface area contributed by atoms with Gasteiger partial charge in [0.15, 0.2) is 0 Å². The second kappa shape index (κ2) is 4.68. The Hall–Kier alpha value is 0.822. The van der Waals surface area contributed by atoms with Crippen molar-refractivity contribution in [1.29, 1.82) is 0 Å². The Bertz CT molecular complexity index is 63.2. The first kappa shape index (κ1) is 8.82. The number of hydrogen-bond acceptors (Lipinski definition) is 1. The van der Waals surface area contributed by atoms with E-state index in [9.17, 15) is 0 Å². The molecule has 0 rings (SSSR count). The summed E-state index contributed by atoms with van der Waals surface area (Å²) in [6, 6.07) is 0. The van der Waals surface area contributed by atoms with Gasteiger partial charge in [0.05, 0.1) is 0 Å². The van der Waals surface area contributed by atoms with Crippen LogP contribution >= 0.6 is 22.5 Å². The van der Waals surface area contributed by atoms with E-state index in [2.05, 4.69) is 11.1 Å². The average Bonchev–Trinajstić information content (AvgIpc) is 1.67. The van der Waals surface area contributed by atoms with E-state index in [1.807, 2.05) is 7.05 Å². The maximum atomic E-state index is 5.81. The Morgan fingerprint density at radius 1 is 1.75 bits per heavy atom. The third-order valence-electron chi connectivity index (χ3n) is 1.04. The van der Waals surface area contributed by atoms with Crippen LogP contribution in [0.15, 0.2) is 0 Å². The molecule has 0 aliphatic rings. The predicted octanol–water partition coefficient (Wildman–Crippen LogP) is 0.555. The molecule has 0 N–H and O–H groups in total. The van der Waals surface area contributed by atoms with Crippen LogP contribution in [-0.4, -0.2) is 33.0 Å². The molecular formula is C3H10BCl2NSi. The van der Waals surface area contributed by atoms with Gasteiger partial charge in [0.25, 0.3) is 0 Å². The van der Waals surface area contributed by atoms with Crippen molar-refractivity contribution >= 4 is 37.5 Å². The minimum absolute atomic E-state index is 0.681. The van der Waals surface area contributed by atoms with Crippen LogP contribution in [0.5, 0.6) is 0 Å². The fraction of sp³-hybridized carbons (Fsp3) is 1.00. The van der Waals surface area contributed by atoms with Crippen LogP contribution in [0, 0.1) is 0 Å². The van der Waals surface area contributed by atoms with Gasteiger partial charge in [-0.3, -0.25) is 0 Å². The fourth-order valence-corrected chi connectivity index (χ4v) is 1.52. The SMILES string of the molecule is CN(CBCl)[SiH](C)Cl. The van der Waals surface area contributed by atoms with Crippen molar-refractivity contribution in [1.82, 2.24) is 4.57 Å². The smallest absolute Gasteiger partial charge is 0.246 e. The average molecular weight is 170 g/mol. The Morgan fingerprint density at radius 2 is 2.25 bits per heavy atom. The van der Waals surface area contributed by atoms with Crippen molar-refractivity contribution in [3.63, 3.8) is 0 Å². The van der Waals surface area contributed by atoms with E-state index in [0.717, 1.165) is 6.44 Å². The maximum absolute atomic E-state index is 5.81. The highest BCUT2D eigenvalue weighted by Gasteiger charge is 2.04. The van der Waals surface area contributed by atoms with Crippen LogP contribution in [0.25, 0.3) is 0 Å². The summed E-state index contributed by atoms with van der Waals surface area (Å²) in [5.41, 5.74) is 0. The van der Waals surface area contributed by atoms with E-state index in [1.54, 1.807) is 0 Å². The summed E-state index contributed by atoms with van der Waals surface area (Å²) in [6.07, 6.45) is 0.915. The Balaban J connectivity index is 3.17. The van der Waals surface area contributed by atoms with Crippen LogP contribution in [0.4, 0.5) is 0 Å². The molecule has 0 saturated carbocycles. The van der Waals surface area contributed by atoms with Gasteiger partial charge in [-0.05, 0) is 20.0 Å². The normalized spacial score (nSPS) is 14.1. The fourth-order valence-electron chi connectivity index (χ4n) is 0.311. The second-order valence-corrected chi connectivity index (χ2v) is 6.05. The lowest BCUT2D eigenvalue weighted by Gasteiger charge is -2.14. The Labute approximate surface area is 62.5 Å². The number of hydrogen-bond donors (Lipinski definition) is 0. The second-order valence-electron chi connectivity index (χ2n) is 1.74. The van der Waals surface area contributed by atoms with Crippen LogP contribution in [0.3, 0.4) is 0 Å². The lowest BCUT2D eigenvalue weighted by molar-refractivity contribution is 0.626. The summed E-state index contributed by atoms with van der Waals surface area (Å²) >= 11 is 11.3. The number of nitrogens with zero attached hydrogens (tertiary/aromatic N) is 1. The third-order valence-corrected chi connectivity index (χ3v) is 3.69. The Kier molecular flexibility index (Phi) is 5.16. The molecule has 0 fully saturated rings. The van der Waals surface area contributed by atoms with E-state index in [-0.39, 0.29) is 0 Å². The summed E-state index contributed by atoms with van der Waals surface area (Å²) in [5.74, 6) is 0. The molecular weight excluding hydrogens is 160 g/mol. The molecule has 5 heteroatoms. The molecule has 0 aromatic carbocycles. The summed E-state index contributed by atoms with van der Waals surface area (Å²) in [4.78, 5) is 0. The molecule has 0 aliphatic heterocycles. The van der Waals surface area contributed by atoms with Gasteiger partial charge >= 0.3 is 0 Å². The van der Waals surface area contributed by atoms with E-state index in [0.29, 0.717) is 6.69 Å². The monoisotopic (exact) mass is 169 g/mol. The molecule has 48 valence electrons. The van der Waals surface area contributed by atoms with Gasteiger partial charge in [-0.25, -0.2) is 0 Å². The van der Waals surface area contributed by atoms with Crippen molar-refractivity contribution in [3.8, 4) is 0 Å². The van der Waals surface area contributed by atoms with Gasteiger partial charge in [0.2, 0.25) is 15.0 Å². The molecule has 1 atom stereocenters. The van der Waals surface area contributed by atoms with Crippen LogP contribution in [0.2, 0.25) is 6.55 Å². The first-order valence-electron chi connectivity index (χ1n) is 2.58. The van der Waals surface area contributed by atoms with Gasteiger partial charge in [-0.2, -0.15) is 22.5 Å².